The molecule has 2 heterocycles. The number of carbonyl (C=O) groups excluding carboxylic acids is 3. The van der Waals surface area contributed by atoms with Crippen LogP contribution in [0.2, 0.25) is 0 Å². The summed E-state index contributed by atoms with van der Waals surface area (Å²) in [7, 11) is 1.33. The second-order valence-corrected chi connectivity index (χ2v) is 9.99. The SMILES string of the molecule is CCC(OC(=O)c1ccc2nc(-c3ccccc3)[nH]c2c1)C(=O)Nc1sc2c(c1C(=O)OC)CCCC2. The normalized spacial score (nSPS) is 13.6. The Morgan fingerprint density at radius 2 is 1.86 bits per heavy atom. The van der Waals surface area contributed by atoms with Crippen molar-refractivity contribution < 1.29 is 23.9 Å². The molecule has 8 nitrogen and oxygen atoms in total. The Morgan fingerprint density at radius 3 is 2.62 bits per heavy atom. The molecule has 5 rings (SSSR count). The van der Waals surface area contributed by atoms with Gasteiger partial charge in [0.1, 0.15) is 10.8 Å². The summed E-state index contributed by atoms with van der Waals surface area (Å²) in [6.45, 7) is 1.77. The highest BCUT2D eigenvalue weighted by Gasteiger charge is 2.29. The summed E-state index contributed by atoms with van der Waals surface area (Å²) in [5, 5.41) is 3.28. The number of nitrogens with one attached hydrogen (secondary N) is 2. The number of thiophene rings is 1. The number of hydrogen-bond donors (Lipinski definition) is 2. The number of nitrogens with zero attached hydrogens (tertiary/aromatic N) is 1. The van der Waals surface area contributed by atoms with Gasteiger partial charge < -0.3 is 19.8 Å². The summed E-state index contributed by atoms with van der Waals surface area (Å²) in [5.41, 5.74) is 4.02. The van der Waals surface area contributed by atoms with E-state index in [-0.39, 0.29) is 6.42 Å². The molecule has 37 heavy (non-hydrogen) atoms. The van der Waals surface area contributed by atoms with E-state index in [1.807, 2.05) is 30.3 Å². The maximum absolute atomic E-state index is 13.1. The number of H-pyrrole nitrogens is 1. The van der Waals surface area contributed by atoms with Gasteiger partial charge in [-0.3, -0.25) is 4.79 Å². The van der Waals surface area contributed by atoms with Crippen molar-refractivity contribution in [2.24, 2.45) is 0 Å². The van der Waals surface area contributed by atoms with E-state index in [4.69, 9.17) is 9.47 Å². The van der Waals surface area contributed by atoms with Crippen LogP contribution in [0.5, 0.6) is 0 Å². The Bertz CT molecular complexity index is 1470. The number of aromatic amines is 1. The number of aromatic nitrogens is 2. The molecule has 1 atom stereocenters. The van der Waals surface area contributed by atoms with Crippen LogP contribution in [0.3, 0.4) is 0 Å². The van der Waals surface area contributed by atoms with Crippen LogP contribution in [-0.4, -0.2) is 41.0 Å². The molecule has 1 unspecified atom stereocenters. The van der Waals surface area contributed by atoms with Crippen molar-refractivity contribution in [2.75, 3.05) is 12.4 Å². The highest BCUT2D eigenvalue weighted by atomic mass is 32.1. The first kappa shape index (κ1) is 24.7. The molecule has 0 spiro atoms. The molecule has 0 bridgehead atoms. The molecule has 1 amide bonds. The van der Waals surface area contributed by atoms with Crippen LogP contribution < -0.4 is 5.32 Å². The minimum atomic E-state index is -1.02. The number of ether oxygens (including phenoxy) is 2. The molecule has 9 heteroatoms. The Balaban J connectivity index is 1.33. The van der Waals surface area contributed by atoms with E-state index < -0.39 is 23.9 Å². The zero-order valence-electron chi connectivity index (χ0n) is 20.6. The summed E-state index contributed by atoms with van der Waals surface area (Å²) in [6.07, 6.45) is 2.94. The van der Waals surface area contributed by atoms with Gasteiger partial charge in [0.05, 0.1) is 29.3 Å². The van der Waals surface area contributed by atoms with Gasteiger partial charge in [-0.05, 0) is 55.9 Å². The fraction of sp³-hybridized carbons (Fsp3) is 0.286. The zero-order chi connectivity index (χ0) is 25.9. The number of benzene rings is 2. The topological polar surface area (TPSA) is 110 Å². The third-order valence-corrected chi connectivity index (χ3v) is 7.68. The monoisotopic (exact) mass is 517 g/mol. The van der Waals surface area contributed by atoms with Gasteiger partial charge in [-0.2, -0.15) is 0 Å². The largest absolute Gasteiger partial charge is 0.465 e. The van der Waals surface area contributed by atoms with E-state index in [1.54, 1.807) is 25.1 Å². The second kappa shape index (κ2) is 10.6. The predicted molar refractivity (Wildman–Crippen MR) is 142 cm³/mol. The van der Waals surface area contributed by atoms with E-state index in [0.717, 1.165) is 47.2 Å². The molecule has 2 aromatic heterocycles. The smallest absolute Gasteiger partial charge is 0.341 e. The maximum Gasteiger partial charge on any atom is 0.341 e. The molecular formula is C28H27N3O5S. The number of esters is 2. The summed E-state index contributed by atoms with van der Waals surface area (Å²) >= 11 is 1.39. The van der Waals surface area contributed by atoms with Gasteiger partial charge >= 0.3 is 11.9 Å². The molecule has 0 fully saturated rings. The minimum Gasteiger partial charge on any atom is -0.465 e. The van der Waals surface area contributed by atoms with Crippen LogP contribution in [0.25, 0.3) is 22.4 Å². The van der Waals surface area contributed by atoms with E-state index >= 15 is 0 Å². The molecule has 0 aliphatic heterocycles. The van der Waals surface area contributed by atoms with Gasteiger partial charge in [-0.15, -0.1) is 11.3 Å². The van der Waals surface area contributed by atoms with Crippen molar-refractivity contribution in [1.29, 1.82) is 0 Å². The van der Waals surface area contributed by atoms with Crippen molar-refractivity contribution in [1.82, 2.24) is 9.97 Å². The van der Waals surface area contributed by atoms with Crippen LogP contribution in [0.1, 0.15) is 57.3 Å². The lowest BCUT2D eigenvalue weighted by Gasteiger charge is -2.16. The van der Waals surface area contributed by atoms with Crippen molar-refractivity contribution in [2.45, 2.75) is 45.1 Å². The molecule has 1 aliphatic carbocycles. The van der Waals surface area contributed by atoms with Crippen molar-refractivity contribution >= 4 is 45.2 Å². The lowest BCUT2D eigenvalue weighted by atomic mass is 9.95. The maximum atomic E-state index is 13.1. The quantitative estimate of drug-likeness (QED) is 0.312. The van der Waals surface area contributed by atoms with Crippen molar-refractivity contribution in [3.63, 3.8) is 0 Å². The molecule has 2 aromatic carbocycles. The molecule has 190 valence electrons. The van der Waals surface area contributed by atoms with Crippen LogP contribution in [0.15, 0.2) is 48.5 Å². The minimum absolute atomic E-state index is 0.278. The van der Waals surface area contributed by atoms with E-state index in [2.05, 4.69) is 15.3 Å². The van der Waals surface area contributed by atoms with Gasteiger partial charge in [0.15, 0.2) is 6.10 Å². The standard InChI is InChI=1S/C28H27N3O5S/c1-3-21(25(32)31-26-23(28(34)35-2)18-11-7-8-12-22(18)37-26)36-27(33)17-13-14-19-20(15-17)30-24(29-19)16-9-5-4-6-10-16/h4-6,9-10,13-15,21H,3,7-8,11-12H2,1-2H3,(H,29,30)(H,31,32). The number of carbonyl (C=O) groups is 3. The highest BCUT2D eigenvalue weighted by molar-refractivity contribution is 7.17. The lowest BCUT2D eigenvalue weighted by molar-refractivity contribution is -0.124. The van der Waals surface area contributed by atoms with Gasteiger partial charge in [0.25, 0.3) is 5.91 Å². The molecular weight excluding hydrogens is 490 g/mol. The highest BCUT2D eigenvalue weighted by Crippen LogP contribution is 2.38. The molecule has 2 N–H and O–H groups in total. The number of rotatable bonds is 7. The summed E-state index contributed by atoms with van der Waals surface area (Å²) in [5.74, 6) is -0.860. The first-order valence-electron chi connectivity index (χ1n) is 12.3. The first-order chi connectivity index (χ1) is 18.0. The Labute approximate surface area is 218 Å². The number of amides is 1. The third-order valence-electron chi connectivity index (χ3n) is 6.47. The second-order valence-electron chi connectivity index (χ2n) is 8.88. The van der Waals surface area contributed by atoms with Gasteiger partial charge in [-0.25, -0.2) is 14.6 Å². The van der Waals surface area contributed by atoms with E-state index in [0.29, 0.717) is 27.5 Å². The number of aryl methyl sites for hydroxylation is 1. The fourth-order valence-corrected chi connectivity index (χ4v) is 5.83. The van der Waals surface area contributed by atoms with Crippen LogP contribution in [-0.2, 0) is 27.1 Å². The third kappa shape index (κ3) is 4.99. The van der Waals surface area contributed by atoms with E-state index in [1.165, 1.54) is 18.4 Å². The number of anilines is 1. The Hall–Kier alpha value is -3.98. The number of imidazole rings is 1. The average molecular weight is 518 g/mol. The summed E-state index contributed by atoms with van der Waals surface area (Å²) in [4.78, 5) is 47.5. The molecule has 1 aliphatic rings. The molecule has 0 saturated carbocycles. The van der Waals surface area contributed by atoms with Gasteiger partial charge in [-0.1, -0.05) is 37.3 Å². The lowest BCUT2D eigenvalue weighted by Crippen LogP contribution is -2.32. The predicted octanol–water partition coefficient (Wildman–Crippen LogP) is 5.53. The van der Waals surface area contributed by atoms with Crippen molar-refractivity contribution in [3.8, 4) is 11.4 Å². The molecule has 0 radical (unpaired) electrons. The molecule has 0 saturated heterocycles. The number of methoxy groups -OCH3 is 1. The number of fused-ring (bicyclic) bond motifs is 2. The Morgan fingerprint density at radius 1 is 1.08 bits per heavy atom. The average Bonchev–Trinajstić information content (AvgIpc) is 3.52. The van der Waals surface area contributed by atoms with Crippen LogP contribution in [0.4, 0.5) is 5.00 Å². The van der Waals surface area contributed by atoms with Gasteiger partial charge in [0.2, 0.25) is 0 Å². The molecule has 4 aromatic rings. The zero-order valence-corrected chi connectivity index (χ0v) is 21.4. The number of hydrogen-bond acceptors (Lipinski definition) is 7. The van der Waals surface area contributed by atoms with E-state index in [9.17, 15) is 14.4 Å². The summed E-state index contributed by atoms with van der Waals surface area (Å²) in [6, 6.07) is 14.7. The fourth-order valence-electron chi connectivity index (χ4n) is 4.55. The summed E-state index contributed by atoms with van der Waals surface area (Å²) < 4.78 is 10.6. The Kier molecular flexibility index (Phi) is 7.05. The van der Waals surface area contributed by atoms with Gasteiger partial charge in [0, 0.05) is 10.4 Å². The first-order valence-corrected chi connectivity index (χ1v) is 13.1. The van der Waals surface area contributed by atoms with Crippen LogP contribution >= 0.6 is 11.3 Å². The van der Waals surface area contributed by atoms with Crippen LogP contribution in [0, 0.1) is 0 Å². The van der Waals surface area contributed by atoms with Crippen molar-refractivity contribution in [3.05, 3.63) is 70.1 Å².